The van der Waals surface area contributed by atoms with E-state index < -0.39 is 0 Å². The average Bonchev–Trinajstić information content (AvgIpc) is 3.18. The molecule has 1 unspecified atom stereocenters. The zero-order valence-corrected chi connectivity index (χ0v) is 19.9. The van der Waals surface area contributed by atoms with Gasteiger partial charge in [-0.05, 0) is 45.6 Å². The van der Waals surface area contributed by atoms with Gasteiger partial charge in [-0.3, -0.25) is 9.79 Å². The fourth-order valence-electron chi connectivity index (χ4n) is 3.75. The molecule has 0 saturated carbocycles. The van der Waals surface area contributed by atoms with Crippen LogP contribution in [-0.2, 0) is 20.9 Å². The Morgan fingerprint density at radius 1 is 1.16 bits per heavy atom. The van der Waals surface area contributed by atoms with Crippen molar-refractivity contribution in [1.82, 2.24) is 10.2 Å². The molecule has 0 amide bonds. The largest absolute Gasteiger partial charge is 0.460 e. The predicted octanol–water partition coefficient (Wildman–Crippen LogP) is 4.39. The first-order chi connectivity index (χ1) is 14.9. The number of ether oxygens (including phenoxy) is 2. The highest BCUT2D eigenvalue weighted by atomic mass is 16.6. The Kier molecular flexibility index (Phi) is 10.9. The number of carbonyl (C=O) groups excluding carboxylic acids is 1. The van der Waals surface area contributed by atoms with Gasteiger partial charge in [0.05, 0.1) is 13.2 Å². The number of esters is 1. The summed E-state index contributed by atoms with van der Waals surface area (Å²) in [5, 5.41) is 3.49. The first-order valence-corrected chi connectivity index (χ1v) is 11.7. The van der Waals surface area contributed by atoms with E-state index in [0.29, 0.717) is 18.9 Å². The summed E-state index contributed by atoms with van der Waals surface area (Å²) in [4.78, 5) is 18.5. The molecule has 1 aromatic carbocycles. The molecular formula is C25H41N3O3. The third kappa shape index (κ3) is 10.7. The minimum absolute atomic E-state index is 0.0950. The molecule has 6 heteroatoms. The van der Waals surface area contributed by atoms with Crippen LogP contribution < -0.4 is 5.32 Å². The molecular weight excluding hydrogens is 390 g/mol. The number of benzene rings is 1. The Labute approximate surface area is 188 Å². The molecule has 1 aromatic rings. The summed E-state index contributed by atoms with van der Waals surface area (Å²) < 4.78 is 11.3. The van der Waals surface area contributed by atoms with Gasteiger partial charge in [-0.15, -0.1) is 0 Å². The second kappa shape index (κ2) is 13.4. The zero-order valence-electron chi connectivity index (χ0n) is 19.9. The second-order valence-corrected chi connectivity index (χ2v) is 9.33. The van der Waals surface area contributed by atoms with E-state index in [9.17, 15) is 4.79 Å². The first-order valence-electron chi connectivity index (χ1n) is 11.7. The van der Waals surface area contributed by atoms with Crippen LogP contribution in [0.3, 0.4) is 0 Å². The van der Waals surface area contributed by atoms with Gasteiger partial charge in [0, 0.05) is 39.0 Å². The van der Waals surface area contributed by atoms with Gasteiger partial charge < -0.3 is 19.7 Å². The molecule has 1 saturated heterocycles. The van der Waals surface area contributed by atoms with Crippen LogP contribution in [-0.4, -0.2) is 55.7 Å². The predicted molar refractivity (Wildman–Crippen MR) is 126 cm³/mol. The maximum Gasteiger partial charge on any atom is 0.306 e. The highest BCUT2D eigenvalue weighted by Gasteiger charge is 2.24. The Balaban J connectivity index is 1.53. The number of unbranched alkanes of at least 4 members (excludes halogenated alkanes) is 3. The number of hydrogen-bond acceptors (Lipinski definition) is 4. The van der Waals surface area contributed by atoms with Crippen LogP contribution in [0.2, 0.25) is 0 Å². The molecule has 0 radical (unpaired) electrons. The van der Waals surface area contributed by atoms with Gasteiger partial charge >= 0.3 is 5.97 Å². The summed E-state index contributed by atoms with van der Waals surface area (Å²) >= 11 is 0. The Morgan fingerprint density at radius 2 is 1.90 bits per heavy atom. The van der Waals surface area contributed by atoms with Crippen molar-refractivity contribution in [2.75, 3.05) is 33.3 Å². The summed E-state index contributed by atoms with van der Waals surface area (Å²) in [6.07, 6.45) is 5.76. The maximum absolute atomic E-state index is 11.7. The molecule has 1 N–H and O–H groups in total. The molecule has 0 spiro atoms. The van der Waals surface area contributed by atoms with Crippen LogP contribution in [0.25, 0.3) is 0 Å². The van der Waals surface area contributed by atoms with Crippen LogP contribution in [0.1, 0.15) is 64.9 Å². The highest BCUT2D eigenvalue weighted by molar-refractivity contribution is 5.80. The van der Waals surface area contributed by atoms with Crippen molar-refractivity contribution >= 4 is 11.9 Å². The van der Waals surface area contributed by atoms with Crippen molar-refractivity contribution in [3.05, 3.63) is 35.9 Å². The molecule has 1 heterocycles. The van der Waals surface area contributed by atoms with Gasteiger partial charge in [-0.2, -0.15) is 0 Å². The van der Waals surface area contributed by atoms with Gasteiger partial charge in [0.1, 0.15) is 5.60 Å². The van der Waals surface area contributed by atoms with Crippen molar-refractivity contribution in [2.24, 2.45) is 10.9 Å². The van der Waals surface area contributed by atoms with Gasteiger partial charge in [-0.25, -0.2) is 0 Å². The number of guanidine groups is 1. The number of aliphatic imine (C=N–C) groups is 1. The quantitative estimate of drug-likeness (QED) is 0.244. The summed E-state index contributed by atoms with van der Waals surface area (Å²) in [5.41, 5.74) is 0.834. The van der Waals surface area contributed by atoms with Crippen molar-refractivity contribution in [3.8, 4) is 0 Å². The Morgan fingerprint density at radius 3 is 2.61 bits per heavy atom. The Bertz CT molecular complexity index is 670. The van der Waals surface area contributed by atoms with E-state index in [1.54, 1.807) is 0 Å². The molecule has 1 aliphatic rings. The number of hydrogen-bond donors (Lipinski definition) is 1. The van der Waals surface area contributed by atoms with E-state index >= 15 is 0 Å². The van der Waals surface area contributed by atoms with Crippen molar-refractivity contribution in [3.63, 3.8) is 0 Å². The number of carbonyl (C=O) groups is 1. The van der Waals surface area contributed by atoms with Crippen molar-refractivity contribution in [1.29, 1.82) is 0 Å². The topological polar surface area (TPSA) is 63.2 Å². The number of likely N-dealkylation sites (tertiary alicyclic amines) is 1. The van der Waals surface area contributed by atoms with Gasteiger partial charge in [0.25, 0.3) is 0 Å². The molecule has 174 valence electrons. The number of rotatable bonds is 11. The standard InChI is InChI=1S/C25H41N3O3/c1-25(2,3)31-23(29)14-10-5-6-11-16-27-24(26-4)28-17-15-22(18-28)20-30-19-21-12-8-7-9-13-21/h7-9,12-13,22H,5-6,10-11,14-20H2,1-4H3,(H,26,27). The van der Waals surface area contributed by atoms with E-state index in [1.165, 1.54) is 5.56 Å². The summed E-state index contributed by atoms with van der Waals surface area (Å²) in [5.74, 6) is 1.44. The van der Waals surface area contributed by atoms with E-state index in [0.717, 1.165) is 64.3 Å². The molecule has 1 aliphatic heterocycles. The minimum atomic E-state index is -0.389. The van der Waals surface area contributed by atoms with Gasteiger partial charge in [0.2, 0.25) is 0 Å². The molecule has 0 aromatic heterocycles. The third-order valence-electron chi connectivity index (χ3n) is 5.27. The highest BCUT2D eigenvalue weighted by Crippen LogP contribution is 2.17. The molecule has 1 atom stereocenters. The molecule has 0 aliphatic carbocycles. The van der Waals surface area contributed by atoms with Crippen molar-refractivity contribution in [2.45, 2.75) is 71.5 Å². The zero-order chi connectivity index (χ0) is 22.5. The van der Waals surface area contributed by atoms with E-state index in [4.69, 9.17) is 9.47 Å². The van der Waals surface area contributed by atoms with Crippen molar-refractivity contribution < 1.29 is 14.3 Å². The lowest BCUT2D eigenvalue weighted by Gasteiger charge is -2.22. The lowest BCUT2D eigenvalue weighted by molar-refractivity contribution is -0.154. The number of nitrogens with one attached hydrogen (secondary N) is 1. The minimum Gasteiger partial charge on any atom is -0.460 e. The fourth-order valence-corrected chi connectivity index (χ4v) is 3.75. The first kappa shape index (κ1) is 25.2. The Hall–Kier alpha value is -2.08. The molecule has 6 nitrogen and oxygen atoms in total. The van der Waals surface area contributed by atoms with E-state index in [1.807, 2.05) is 46.0 Å². The fraction of sp³-hybridized carbons (Fsp3) is 0.680. The lowest BCUT2D eigenvalue weighted by atomic mass is 10.1. The monoisotopic (exact) mass is 431 g/mol. The molecule has 1 fully saturated rings. The molecule has 0 bridgehead atoms. The van der Waals surface area contributed by atoms with Crippen LogP contribution >= 0.6 is 0 Å². The van der Waals surface area contributed by atoms with Gasteiger partial charge in [-0.1, -0.05) is 43.2 Å². The second-order valence-electron chi connectivity index (χ2n) is 9.33. The summed E-state index contributed by atoms with van der Waals surface area (Å²) in [6.45, 7) is 10.1. The van der Waals surface area contributed by atoms with E-state index in [-0.39, 0.29) is 11.6 Å². The SMILES string of the molecule is CN=C(NCCCCCCC(=O)OC(C)(C)C)N1CCC(COCc2ccccc2)C1. The van der Waals surface area contributed by atoms with Crippen LogP contribution in [0, 0.1) is 5.92 Å². The van der Waals surface area contributed by atoms with E-state index in [2.05, 4.69) is 27.3 Å². The summed E-state index contributed by atoms with van der Waals surface area (Å²) in [6, 6.07) is 10.3. The van der Waals surface area contributed by atoms with Crippen LogP contribution in [0.15, 0.2) is 35.3 Å². The maximum atomic E-state index is 11.7. The summed E-state index contributed by atoms with van der Waals surface area (Å²) in [7, 11) is 1.85. The van der Waals surface area contributed by atoms with Crippen LogP contribution in [0.4, 0.5) is 0 Å². The third-order valence-corrected chi connectivity index (χ3v) is 5.27. The normalized spacial score (nSPS) is 17.1. The molecule has 31 heavy (non-hydrogen) atoms. The smallest absolute Gasteiger partial charge is 0.306 e. The van der Waals surface area contributed by atoms with Crippen LogP contribution in [0.5, 0.6) is 0 Å². The lowest BCUT2D eigenvalue weighted by Crippen LogP contribution is -2.40. The van der Waals surface area contributed by atoms with Gasteiger partial charge in [0.15, 0.2) is 5.96 Å². The molecule has 2 rings (SSSR count). The number of nitrogens with zero attached hydrogens (tertiary/aromatic N) is 2. The average molecular weight is 432 g/mol.